The van der Waals surface area contributed by atoms with Gasteiger partial charge in [0.2, 0.25) is 5.88 Å². The number of ketones is 1. The molecule has 0 spiro atoms. The quantitative estimate of drug-likeness (QED) is 0.207. The molecule has 9 nitrogen and oxygen atoms in total. The minimum atomic E-state index is -0.527. The van der Waals surface area contributed by atoms with Crippen LogP contribution in [-0.4, -0.2) is 39.3 Å². The summed E-state index contributed by atoms with van der Waals surface area (Å²) in [5.41, 5.74) is 1.52. The van der Waals surface area contributed by atoms with Gasteiger partial charge in [0.15, 0.2) is 17.3 Å². The summed E-state index contributed by atoms with van der Waals surface area (Å²) in [5, 5.41) is 0.852. The van der Waals surface area contributed by atoms with E-state index in [2.05, 4.69) is 9.97 Å². The van der Waals surface area contributed by atoms with Crippen LogP contribution in [0.25, 0.3) is 16.6 Å². The maximum Gasteiger partial charge on any atom is 0.282 e. The summed E-state index contributed by atoms with van der Waals surface area (Å²) in [4.78, 5) is 35.6. The fraction of sp³-hybridized carbons (Fsp3) is 0.226. The molecule has 1 aliphatic heterocycles. The summed E-state index contributed by atoms with van der Waals surface area (Å²) in [7, 11) is 3.07. The zero-order valence-corrected chi connectivity index (χ0v) is 23.7. The van der Waals surface area contributed by atoms with E-state index in [1.165, 1.54) is 24.2 Å². The monoisotopic (exact) mass is 588 g/mol. The van der Waals surface area contributed by atoms with Crippen LogP contribution in [0.2, 0.25) is 5.02 Å². The van der Waals surface area contributed by atoms with Crippen LogP contribution in [0.5, 0.6) is 23.1 Å². The van der Waals surface area contributed by atoms with Crippen molar-refractivity contribution >= 4 is 28.3 Å². The van der Waals surface area contributed by atoms with Crippen molar-refractivity contribution in [3.05, 3.63) is 98.9 Å². The maximum absolute atomic E-state index is 14.7. The Kier molecular flexibility index (Phi) is 7.38. The van der Waals surface area contributed by atoms with Crippen LogP contribution in [0, 0.1) is 5.82 Å². The molecule has 2 aromatic heterocycles. The molecule has 0 radical (unpaired) electrons. The fourth-order valence-corrected chi connectivity index (χ4v) is 5.57. The number of rotatable bonds is 8. The molecule has 1 aliphatic rings. The molecule has 11 heteroatoms. The van der Waals surface area contributed by atoms with Crippen LogP contribution < -0.4 is 19.8 Å². The van der Waals surface area contributed by atoms with Gasteiger partial charge in [0.05, 0.1) is 35.8 Å². The lowest BCUT2D eigenvalue weighted by atomic mass is 9.99. The Labute approximate surface area is 245 Å². The number of fused-ring (bicyclic) bond motifs is 2. The summed E-state index contributed by atoms with van der Waals surface area (Å²) in [6, 6.07) is 14.5. The lowest BCUT2D eigenvalue weighted by Crippen LogP contribution is -2.25. The second-order valence-corrected chi connectivity index (χ2v) is 10.2. The van der Waals surface area contributed by atoms with Crippen molar-refractivity contribution in [3.8, 4) is 28.8 Å². The van der Waals surface area contributed by atoms with Gasteiger partial charge in [-0.3, -0.25) is 14.3 Å². The molecule has 0 amide bonds. The third kappa shape index (κ3) is 4.87. The van der Waals surface area contributed by atoms with Crippen molar-refractivity contribution in [2.75, 3.05) is 14.2 Å². The number of hydrogen-bond donors (Lipinski definition) is 0. The number of benzene rings is 3. The van der Waals surface area contributed by atoms with Crippen molar-refractivity contribution in [1.29, 1.82) is 0 Å². The van der Waals surface area contributed by atoms with Gasteiger partial charge in [-0.2, -0.15) is 0 Å². The zero-order chi connectivity index (χ0) is 29.4. The van der Waals surface area contributed by atoms with E-state index in [9.17, 15) is 14.0 Å². The van der Waals surface area contributed by atoms with Crippen LogP contribution in [0.15, 0.2) is 65.7 Å². The molecule has 0 saturated carbocycles. The van der Waals surface area contributed by atoms with Gasteiger partial charge in [-0.1, -0.05) is 29.8 Å². The number of aromatic nitrogens is 4. The minimum Gasteiger partial charge on any atom is -0.493 e. The standard InChI is InChI=1S/C31H26ClFN4O5/c1-40-27-15-19-22(16-28(27)41-2)34-17-35-30(19)42-26-11-10-18(13-20(26)32)14-25(38)29-24-9-5-6-12-36(24)37(31(29)39)23-8-4-3-7-21(23)33/h3-4,7-8,10-11,13,15-17H,5-6,9,12,14H2,1-2H3. The number of Topliss-reactive ketones (excluding diaryl/α,β-unsaturated/α-hetero) is 1. The largest absolute Gasteiger partial charge is 0.493 e. The van der Waals surface area contributed by atoms with Crippen molar-refractivity contribution in [2.24, 2.45) is 0 Å². The van der Waals surface area contributed by atoms with Crippen LogP contribution in [0.4, 0.5) is 4.39 Å². The van der Waals surface area contributed by atoms with Gasteiger partial charge >= 0.3 is 0 Å². The minimum absolute atomic E-state index is 0.0586. The van der Waals surface area contributed by atoms with Crippen molar-refractivity contribution in [3.63, 3.8) is 0 Å². The van der Waals surface area contributed by atoms with Gasteiger partial charge in [0, 0.05) is 19.0 Å². The molecule has 3 aromatic carbocycles. The van der Waals surface area contributed by atoms with E-state index >= 15 is 0 Å². The molecule has 0 aliphatic carbocycles. The molecule has 0 bridgehead atoms. The Morgan fingerprint density at radius 1 is 1.00 bits per heavy atom. The van der Waals surface area contributed by atoms with Crippen LogP contribution in [0.3, 0.4) is 0 Å². The average molecular weight is 589 g/mol. The molecule has 42 heavy (non-hydrogen) atoms. The van der Waals surface area contributed by atoms with E-state index in [0.717, 1.165) is 12.8 Å². The molecular formula is C31H26ClFN4O5. The van der Waals surface area contributed by atoms with Gasteiger partial charge in [-0.15, -0.1) is 0 Å². The Hall–Kier alpha value is -4.70. The Morgan fingerprint density at radius 2 is 1.79 bits per heavy atom. The summed E-state index contributed by atoms with van der Waals surface area (Å²) in [6.07, 6.45) is 3.56. The molecule has 6 rings (SSSR count). The Balaban J connectivity index is 1.29. The first-order valence-electron chi connectivity index (χ1n) is 13.4. The van der Waals surface area contributed by atoms with Crippen molar-refractivity contribution < 1.29 is 23.4 Å². The molecule has 3 heterocycles. The number of carbonyl (C=O) groups is 1. The highest BCUT2D eigenvalue weighted by atomic mass is 35.5. The molecule has 0 atom stereocenters. The van der Waals surface area contributed by atoms with Crippen LogP contribution in [-0.2, 0) is 19.4 Å². The first-order valence-corrected chi connectivity index (χ1v) is 13.7. The third-order valence-corrected chi connectivity index (χ3v) is 7.61. The van der Waals surface area contributed by atoms with E-state index in [-0.39, 0.29) is 34.4 Å². The molecule has 0 fully saturated rings. The molecule has 0 unspecified atom stereocenters. The van der Waals surface area contributed by atoms with Crippen molar-refractivity contribution in [1.82, 2.24) is 19.3 Å². The van der Waals surface area contributed by atoms with Gasteiger partial charge in [0.1, 0.15) is 29.1 Å². The second-order valence-electron chi connectivity index (χ2n) is 9.84. The highest BCUT2D eigenvalue weighted by Gasteiger charge is 2.28. The maximum atomic E-state index is 14.7. The van der Waals surface area contributed by atoms with Gasteiger partial charge in [-0.05, 0) is 55.2 Å². The van der Waals surface area contributed by atoms with E-state index in [1.807, 2.05) is 0 Å². The summed E-state index contributed by atoms with van der Waals surface area (Å²) in [6.45, 7) is 0.528. The van der Waals surface area contributed by atoms with Gasteiger partial charge < -0.3 is 14.2 Å². The Morgan fingerprint density at radius 3 is 2.55 bits per heavy atom. The molecular weight excluding hydrogens is 563 g/mol. The van der Waals surface area contributed by atoms with Crippen molar-refractivity contribution in [2.45, 2.75) is 32.2 Å². The molecule has 0 N–H and O–H groups in total. The zero-order valence-electron chi connectivity index (χ0n) is 22.9. The highest BCUT2D eigenvalue weighted by Crippen LogP contribution is 2.37. The summed E-state index contributed by atoms with van der Waals surface area (Å²) in [5.74, 6) is 0.721. The predicted octanol–water partition coefficient (Wildman–Crippen LogP) is 5.95. The first-order chi connectivity index (χ1) is 20.4. The highest BCUT2D eigenvalue weighted by molar-refractivity contribution is 6.32. The van der Waals surface area contributed by atoms with Gasteiger partial charge in [0.25, 0.3) is 5.56 Å². The number of hydrogen-bond acceptors (Lipinski definition) is 7. The van der Waals surface area contributed by atoms with E-state index in [0.29, 0.717) is 52.4 Å². The number of ether oxygens (including phenoxy) is 3. The van der Waals surface area contributed by atoms with E-state index in [4.69, 9.17) is 25.8 Å². The number of methoxy groups -OCH3 is 2. The summed E-state index contributed by atoms with van der Waals surface area (Å²) >= 11 is 6.58. The second kappa shape index (κ2) is 11.3. The van der Waals surface area contributed by atoms with E-state index in [1.54, 1.807) is 60.3 Å². The smallest absolute Gasteiger partial charge is 0.282 e. The third-order valence-electron chi connectivity index (χ3n) is 7.31. The molecule has 214 valence electrons. The topological polar surface area (TPSA) is 97.5 Å². The average Bonchev–Trinajstić information content (AvgIpc) is 3.29. The lowest BCUT2D eigenvalue weighted by Gasteiger charge is -2.19. The first kappa shape index (κ1) is 27.5. The molecule has 5 aromatic rings. The number of halogens is 2. The number of para-hydroxylation sites is 1. The number of carbonyl (C=O) groups excluding carboxylic acids is 1. The molecule has 0 saturated heterocycles. The summed E-state index contributed by atoms with van der Waals surface area (Å²) < 4.78 is 34.5. The van der Waals surface area contributed by atoms with Gasteiger partial charge in [-0.25, -0.2) is 19.0 Å². The fourth-order valence-electron chi connectivity index (χ4n) is 5.33. The Bertz CT molecular complexity index is 1900. The lowest BCUT2D eigenvalue weighted by molar-refractivity contribution is 0.0990. The van der Waals surface area contributed by atoms with Crippen LogP contribution >= 0.6 is 11.6 Å². The van der Waals surface area contributed by atoms with E-state index < -0.39 is 11.4 Å². The predicted molar refractivity (Wildman–Crippen MR) is 155 cm³/mol. The number of nitrogens with zero attached hydrogens (tertiary/aromatic N) is 4. The SMILES string of the molecule is COc1cc2ncnc(Oc3ccc(CC(=O)c4c5n(n(-c6ccccc6F)c4=O)CCCC5)cc3Cl)c2cc1OC. The normalized spacial score (nSPS) is 12.7. The van der Waals surface area contributed by atoms with Crippen LogP contribution in [0.1, 0.15) is 34.5 Å².